The van der Waals surface area contributed by atoms with Crippen molar-refractivity contribution in [2.24, 2.45) is 0 Å². The first-order valence-corrected chi connectivity index (χ1v) is 13.6. The van der Waals surface area contributed by atoms with Gasteiger partial charge in [-0.1, -0.05) is 41.6 Å². The molecular weight excluding hydrogens is 533 g/mol. The highest BCUT2D eigenvalue weighted by Gasteiger charge is 2.30. The number of benzene rings is 3. The highest BCUT2D eigenvalue weighted by Crippen LogP contribution is 2.36. The molecule has 6 rings (SSSR count). The van der Waals surface area contributed by atoms with Crippen molar-refractivity contribution >= 4 is 22.4 Å². The van der Waals surface area contributed by atoms with E-state index >= 15 is 0 Å². The molecule has 0 bridgehead atoms. The molecule has 0 fully saturated rings. The van der Waals surface area contributed by atoms with E-state index < -0.39 is 11.7 Å². The molecule has 2 N–H and O–H groups in total. The molecule has 9 heteroatoms. The van der Waals surface area contributed by atoms with Crippen molar-refractivity contribution in [2.45, 2.75) is 33.1 Å². The van der Waals surface area contributed by atoms with Crippen LogP contribution < -0.4 is 5.32 Å². The molecule has 6 aromatic rings. The third-order valence-electron chi connectivity index (χ3n) is 6.77. The Kier molecular flexibility index (Phi) is 6.77. The Morgan fingerprint density at radius 3 is 2.25 bits per heavy atom. The number of rotatable bonds is 7. The molecule has 0 aliphatic carbocycles. The van der Waals surface area contributed by atoms with Gasteiger partial charge in [-0.2, -0.15) is 13.2 Å². The first-order valence-electron chi connectivity index (χ1n) is 12.7. The smallest absolute Gasteiger partial charge is 0.361 e. The van der Waals surface area contributed by atoms with Crippen molar-refractivity contribution < 1.29 is 17.7 Å². The van der Waals surface area contributed by atoms with Crippen LogP contribution in [0.25, 0.3) is 43.3 Å². The Morgan fingerprint density at radius 1 is 0.850 bits per heavy atom. The number of hydrogen-bond donors (Lipinski definition) is 2. The molecule has 3 aromatic carbocycles. The van der Waals surface area contributed by atoms with Gasteiger partial charge >= 0.3 is 6.18 Å². The van der Waals surface area contributed by atoms with Gasteiger partial charge in [0.1, 0.15) is 11.6 Å². The van der Waals surface area contributed by atoms with Crippen LogP contribution in [0, 0.1) is 13.8 Å². The van der Waals surface area contributed by atoms with Gasteiger partial charge in [-0.3, -0.25) is 0 Å². The summed E-state index contributed by atoms with van der Waals surface area (Å²) in [5, 5.41) is 7.59. The van der Waals surface area contributed by atoms with Crippen LogP contribution in [0.5, 0.6) is 0 Å². The van der Waals surface area contributed by atoms with E-state index in [-0.39, 0.29) is 0 Å². The molecule has 0 aliphatic heterocycles. The van der Waals surface area contributed by atoms with E-state index in [2.05, 4.69) is 56.8 Å². The lowest BCUT2D eigenvalue weighted by atomic mass is 10.0. The first kappa shape index (κ1) is 26.0. The molecule has 3 aromatic heterocycles. The lowest BCUT2D eigenvalue weighted by molar-refractivity contribution is -0.137. The molecule has 5 nitrogen and oxygen atoms in total. The topological polar surface area (TPSA) is 66.7 Å². The Balaban J connectivity index is 1.14. The Labute approximate surface area is 232 Å². The molecule has 3 heterocycles. The minimum absolute atomic E-state index is 0.366. The van der Waals surface area contributed by atoms with E-state index in [9.17, 15) is 13.2 Å². The highest BCUT2D eigenvalue weighted by molar-refractivity contribution is 7.18. The average molecular weight is 559 g/mol. The fraction of sp³-hybridized carbons (Fsp3) is 0.161. The third-order valence-corrected chi connectivity index (χ3v) is 7.91. The standard InChI is InChI=1S/C31H25F3N4OS/c1-18-29(19(2)39-38-18)23-8-4-6-21(14-23)17-35-16-20-5-3-7-22(13-20)27-11-12-28(40-27)30-36-25-10-9-24(31(32,33)34)15-26(25)37-30/h3-15,35H,16-17H2,1-2H3,(H,36,37). The monoisotopic (exact) mass is 558 g/mol. The summed E-state index contributed by atoms with van der Waals surface area (Å²) in [6, 6.07) is 24.2. The quantitative estimate of drug-likeness (QED) is 0.206. The second-order valence-electron chi connectivity index (χ2n) is 9.68. The number of nitrogens with one attached hydrogen (secondary N) is 2. The lowest BCUT2D eigenvalue weighted by Gasteiger charge is -2.08. The van der Waals surface area contributed by atoms with E-state index in [1.807, 2.05) is 38.1 Å². The number of aromatic amines is 1. The number of aromatic nitrogens is 3. The van der Waals surface area contributed by atoms with Crippen molar-refractivity contribution in [3.8, 4) is 32.3 Å². The third kappa shape index (κ3) is 5.30. The van der Waals surface area contributed by atoms with Crippen LogP contribution in [0.2, 0.25) is 0 Å². The molecule has 0 saturated carbocycles. The largest absolute Gasteiger partial charge is 0.416 e. The summed E-state index contributed by atoms with van der Waals surface area (Å²) in [7, 11) is 0. The molecule has 0 saturated heterocycles. The molecule has 40 heavy (non-hydrogen) atoms. The maximum atomic E-state index is 13.1. The molecule has 0 unspecified atom stereocenters. The normalized spacial score (nSPS) is 11.9. The Hall–Kier alpha value is -4.21. The molecule has 0 aliphatic rings. The molecule has 0 amide bonds. The minimum Gasteiger partial charge on any atom is -0.361 e. The van der Waals surface area contributed by atoms with Gasteiger partial charge in [0.15, 0.2) is 0 Å². The van der Waals surface area contributed by atoms with E-state index in [1.165, 1.54) is 11.6 Å². The zero-order valence-corrected chi connectivity index (χ0v) is 22.6. The molecule has 0 atom stereocenters. The van der Waals surface area contributed by atoms with Crippen LogP contribution in [0.4, 0.5) is 13.2 Å². The fourth-order valence-corrected chi connectivity index (χ4v) is 5.79. The number of thiophene rings is 1. The average Bonchev–Trinajstić information content (AvgIpc) is 3.66. The van der Waals surface area contributed by atoms with Crippen molar-refractivity contribution in [3.05, 3.63) is 107 Å². The van der Waals surface area contributed by atoms with Crippen LogP contribution in [-0.4, -0.2) is 15.1 Å². The summed E-state index contributed by atoms with van der Waals surface area (Å²) in [5.74, 6) is 1.37. The fourth-order valence-electron chi connectivity index (χ4n) is 4.84. The van der Waals surface area contributed by atoms with E-state index in [1.54, 1.807) is 11.3 Å². The zero-order chi connectivity index (χ0) is 27.9. The molecule has 202 valence electrons. The number of hydrogen-bond acceptors (Lipinski definition) is 5. The summed E-state index contributed by atoms with van der Waals surface area (Å²) >= 11 is 1.55. The first-order chi connectivity index (χ1) is 19.2. The van der Waals surface area contributed by atoms with E-state index in [0.717, 1.165) is 55.6 Å². The van der Waals surface area contributed by atoms with Crippen molar-refractivity contribution in [1.82, 2.24) is 20.4 Å². The van der Waals surface area contributed by atoms with Gasteiger partial charge in [0, 0.05) is 23.5 Å². The Bertz CT molecular complexity index is 1800. The number of fused-ring (bicyclic) bond motifs is 1. The van der Waals surface area contributed by atoms with Crippen LogP contribution in [0.15, 0.2) is 83.4 Å². The van der Waals surface area contributed by atoms with Gasteiger partial charge in [-0.15, -0.1) is 11.3 Å². The molecule has 0 spiro atoms. The van der Waals surface area contributed by atoms with E-state index in [0.29, 0.717) is 29.9 Å². The second-order valence-corrected chi connectivity index (χ2v) is 10.8. The molecule has 0 radical (unpaired) electrons. The summed E-state index contributed by atoms with van der Waals surface area (Å²) in [6.07, 6.45) is -4.39. The summed E-state index contributed by atoms with van der Waals surface area (Å²) in [6.45, 7) is 5.29. The SMILES string of the molecule is Cc1noc(C)c1-c1cccc(CNCc2cccc(-c3ccc(-c4nc5ccc(C(F)(F)F)cc5[nH]4)s3)c2)c1. The van der Waals surface area contributed by atoms with Crippen LogP contribution >= 0.6 is 11.3 Å². The van der Waals surface area contributed by atoms with Crippen LogP contribution in [0.1, 0.15) is 28.1 Å². The van der Waals surface area contributed by atoms with E-state index in [4.69, 9.17) is 4.52 Å². The number of nitrogens with zero attached hydrogens (tertiary/aromatic N) is 2. The summed E-state index contributed by atoms with van der Waals surface area (Å²) in [4.78, 5) is 9.46. The van der Waals surface area contributed by atoms with Crippen molar-refractivity contribution in [1.29, 1.82) is 0 Å². The van der Waals surface area contributed by atoms with Crippen molar-refractivity contribution in [3.63, 3.8) is 0 Å². The summed E-state index contributed by atoms with van der Waals surface area (Å²) in [5.41, 5.74) is 6.59. The number of imidazole rings is 1. The van der Waals surface area contributed by atoms with Crippen LogP contribution in [0.3, 0.4) is 0 Å². The summed E-state index contributed by atoms with van der Waals surface area (Å²) < 4.78 is 44.6. The van der Waals surface area contributed by atoms with Crippen molar-refractivity contribution in [2.75, 3.05) is 0 Å². The number of alkyl halides is 3. The molecular formula is C31H25F3N4OS. The van der Waals surface area contributed by atoms with Gasteiger partial charge in [-0.25, -0.2) is 4.98 Å². The Morgan fingerprint density at radius 2 is 1.55 bits per heavy atom. The van der Waals surface area contributed by atoms with Gasteiger partial charge in [0.25, 0.3) is 0 Å². The predicted molar refractivity (Wildman–Crippen MR) is 152 cm³/mol. The van der Waals surface area contributed by atoms with Gasteiger partial charge in [0.05, 0.1) is 27.2 Å². The number of halogens is 3. The second kappa shape index (κ2) is 10.4. The zero-order valence-electron chi connectivity index (χ0n) is 21.8. The lowest BCUT2D eigenvalue weighted by Crippen LogP contribution is -2.12. The highest BCUT2D eigenvalue weighted by atomic mass is 32.1. The maximum Gasteiger partial charge on any atom is 0.416 e. The van der Waals surface area contributed by atoms with Gasteiger partial charge in [-0.05, 0) is 78.6 Å². The number of H-pyrrole nitrogens is 1. The minimum atomic E-state index is -4.39. The van der Waals surface area contributed by atoms with Gasteiger partial charge < -0.3 is 14.8 Å². The predicted octanol–water partition coefficient (Wildman–Crippen LogP) is 8.54. The van der Waals surface area contributed by atoms with Gasteiger partial charge in [0.2, 0.25) is 0 Å². The van der Waals surface area contributed by atoms with Crippen LogP contribution in [-0.2, 0) is 19.3 Å². The number of aryl methyl sites for hydroxylation is 2. The maximum absolute atomic E-state index is 13.1.